The summed E-state index contributed by atoms with van der Waals surface area (Å²) in [7, 11) is 0. The Morgan fingerprint density at radius 3 is 2.42 bits per heavy atom. The van der Waals surface area contributed by atoms with Crippen molar-refractivity contribution in [3.8, 4) is 17.2 Å². The number of aryl methyl sites for hydroxylation is 1. The third kappa shape index (κ3) is 6.51. The molecule has 4 rings (SSSR count). The number of halogens is 1. The lowest BCUT2D eigenvalue weighted by atomic mass is 10.1. The minimum Gasteiger partial charge on any atom is -0.484 e. The van der Waals surface area contributed by atoms with Gasteiger partial charge in [0.05, 0.1) is 6.54 Å². The Bertz CT molecular complexity index is 1210. The molecule has 0 aliphatic carbocycles. The van der Waals surface area contributed by atoms with Crippen LogP contribution in [-0.4, -0.2) is 47.6 Å². The molecule has 1 aromatic heterocycles. The molecule has 9 heteroatoms. The fourth-order valence-corrected chi connectivity index (χ4v) is 3.94. The van der Waals surface area contributed by atoms with Crippen LogP contribution in [0.25, 0.3) is 0 Å². The van der Waals surface area contributed by atoms with E-state index in [4.69, 9.17) is 30.2 Å². The third-order valence-electron chi connectivity index (χ3n) is 5.73. The molecule has 0 atom stereocenters. The number of rotatable bonds is 10. The van der Waals surface area contributed by atoms with Gasteiger partial charge in [-0.3, -0.25) is 9.59 Å². The summed E-state index contributed by atoms with van der Waals surface area (Å²) in [6.45, 7) is 6.07. The second-order valence-electron chi connectivity index (χ2n) is 8.81. The van der Waals surface area contributed by atoms with Crippen molar-refractivity contribution in [2.45, 2.75) is 39.9 Å². The van der Waals surface area contributed by atoms with Gasteiger partial charge < -0.3 is 28.4 Å². The van der Waals surface area contributed by atoms with Gasteiger partial charge in [-0.05, 0) is 74.9 Å². The predicted molar refractivity (Wildman–Crippen MR) is 134 cm³/mol. The van der Waals surface area contributed by atoms with E-state index in [9.17, 15) is 9.59 Å². The van der Waals surface area contributed by atoms with Crippen LogP contribution >= 0.6 is 11.6 Å². The predicted octanol–water partition coefficient (Wildman–Crippen LogP) is 4.81. The number of hydrogen-bond donors (Lipinski definition) is 0. The summed E-state index contributed by atoms with van der Waals surface area (Å²) in [5.41, 5.74) is 0.879. The minimum atomic E-state index is -0.287. The summed E-state index contributed by atoms with van der Waals surface area (Å²) >= 11 is 5.91. The molecule has 190 valence electrons. The molecule has 0 unspecified atom stereocenters. The first-order valence-electron chi connectivity index (χ1n) is 11.7. The lowest BCUT2D eigenvalue weighted by molar-refractivity contribution is -0.144. The molecule has 2 amide bonds. The lowest BCUT2D eigenvalue weighted by Gasteiger charge is -2.30. The first-order chi connectivity index (χ1) is 17.3. The molecule has 0 radical (unpaired) electrons. The molecule has 2 aromatic carbocycles. The van der Waals surface area contributed by atoms with E-state index in [1.54, 1.807) is 29.2 Å². The van der Waals surface area contributed by atoms with Gasteiger partial charge in [-0.1, -0.05) is 17.7 Å². The Hall–Kier alpha value is -3.65. The van der Waals surface area contributed by atoms with E-state index in [0.29, 0.717) is 34.6 Å². The van der Waals surface area contributed by atoms with E-state index in [1.807, 2.05) is 51.1 Å². The molecule has 3 aromatic rings. The van der Waals surface area contributed by atoms with Gasteiger partial charge in [0.2, 0.25) is 12.7 Å². The van der Waals surface area contributed by atoms with Crippen LogP contribution in [0, 0.1) is 6.92 Å². The summed E-state index contributed by atoms with van der Waals surface area (Å²) in [6.07, 6.45) is 0. The quantitative estimate of drug-likeness (QED) is 0.387. The first-order valence-corrected chi connectivity index (χ1v) is 12.1. The smallest absolute Gasteiger partial charge is 0.261 e. The maximum atomic E-state index is 13.5. The van der Waals surface area contributed by atoms with Crippen LogP contribution in [0.1, 0.15) is 30.9 Å². The van der Waals surface area contributed by atoms with Crippen LogP contribution in [-0.2, 0) is 22.7 Å². The average Bonchev–Trinajstić information content (AvgIpc) is 3.49. The number of nitrogens with zero attached hydrogens (tertiary/aromatic N) is 2. The molecule has 36 heavy (non-hydrogen) atoms. The number of furan rings is 1. The van der Waals surface area contributed by atoms with E-state index in [-0.39, 0.29) is 44.3 Å². The van der Waals surface area contributed by atoms with E-state index in [0.717, 1.165) is 11.3 Å². The van der Waals surface area contributed by atoms with Crippen LogP contribution in [0.15, 0.2) is 59.0 Å². The first kappa shape index (κ1) is 25.4. The van der Waals surface area contributed by atoms with Gasteiger partial charge in [0.1, 0.15) is 23.8 Å². The molecule has 0 N–H and O–H groups in total. The SMILES string of the molecule is Cc1ccc(CN(Cc2ccc3c(c2)OCO3)C(=O)CN(C(=O)COc2ccc(Cl)cc2)C(C)C)o1. The zero-order valence-corrected chi connectivity index (χ0v) is 21.3. The maximum Gasteiger partial charge on any atom is 0.261 e. The summed E-state index contributed by atoms with van der Waals surface area (Å²) in [6, 6.07) is 15.9. The van der Waals surface area contributed by atoms with E-state index < -0.39 is 0 Å². The maximum absolute atomic E-state index is 13.5. The molecule has 1 aliphatic rings. The Morgan fingerprint density at radius 2 is 1.72 bits per heavy atom. The van der Waals surface area contributed by atoms with Crippen molar-refractivity contribution in [2.24, 2.45) is 0 Å². The number of fused-ring (bicyclic) bond motifs is 1. The zero-order valence-electron chi connectivity index (χ0n) is 20.5. The monoisotopic (exact) mass is 512 g/mol. The highest BCUT2D eigenvalue weighted by molar-refractivity contribution is 6.30. The standard InChI is InChI=1S/C27H29ClN2O6/c1-18(2)30(27(32)16-33-22-9-6-21(28)7-10-22)15-26(31)29(14-23-8-4-19(3)36-23)13-20-5-11-24-25(12-20)35-17-34-24/h4-12,18H,13-17H2,1-3H3. The van der Waals surface area contributed by atoms with E-state index >= 15 is 0 Å². The van der Waals surface area contributed by atoms with Gasteiger partial charge in [0.25, 0.3) is 5.91 Å². The summed E-state index contributed by atoms with van der Waals surface area (Å²) in [5.74, 6) is 2.78. The van der Waals surface area contributed by atoms with Gasteiger partial charge in [0, 0.05) is 17.6 Å². The Balaban J connectivity index is 1.46. The molecule has 1 aliphatic heterocycles. The van der Waals surface area contributed by atoms with Crippen molar-refractivity contribution in [3.05, 3.63) is 76.7 Å². The molecular formula is C27H29ClN2O6. The summed E-state index contributed by atoms with van der Waals surface area (Å²) < 4.78 is 22.2. The normalized spacial score (nSPS) is 12.0. The molecule has 0 bridgehead atoms. The highest BCUT2D eigenvalue weighted by Crippen LogP contribution is 2.33. The van der Waals surface area contributed by atoms with E-state index in [2.05, 4.69) is 0 Å². The summed E-state index contributed by atoms with van der Waals surface area (Å²) in [4.78, 5) is 29.7. The number of amides is 2. The molecule has 2 heterocycles. The molecular weight excluding hydrogens is 484 g/mol. The summed E-state index contributed by atoms with van der Waals surface area (Å²) in [5, 5.41) is 0.581. The van der Waals surface area contributed by atoms with Crippen LogP contribution in [0.5, 0.6) is 17.2 Å². The fraction of sp³-hybridized carbons (Fsp3) is 0.333. The van der Waals surface area contributed by atoms with E-state index in [1.165, 1.54) is 4.90 Å². The van der Waals surface area contributed by atoms with Crippen molar-refractivity contribution < 1.29 is 28.2 Å². The number of ether oxygens (including phenoxy) is 3. The third-order valence-corrected chi connectivity index (χ3v) is 5.98. The van der Waals surface area contributed by atoms with Gasteiger partial charge in [-0.15, -0.1) is 0 Å². The van der Waals surface area contributed by atoms with Crippen molar-refractivity contribution >= 4 is 23.4 Å². The molecule has 0 saturated carbocycles. The highest BCUT2D eigenvalue weighted by atomic mass is 35.5. The largest absolute Gasteiger partial charge is 0.484 e. The van der Waals surface area contributed by atoms with Crippen LogP contribution in [0.3, 0.4) is 0 Å². The zero-order chi connectivity index (χ0) is 25.7. The number of hydrogen-bond acceptors (Lipinski definition) is 6. The van der Waals surface area contributed by atoms with Crippen LogP contribution in [0.4, 0.5) is 0 Å². The van der Waals surface area contributed by atoms with Crippen LogP contribution in [0.2, 0.25) is 5.02 Å². The number of carbonyl (C=O) groups is 2. The van der Waals surface area contributed by atoms with Gasteiger partial charge in [-0.25, -0.2) is 0 Å². The van der Waals surface area contributed by atoms with Gasteiger partial charge in [0.15, 0.2) is 18.1 Å². The minimum absolute atomic E-state index is 0.0925. The number of carbonyl (C=O) groups excluding carboxylic acids is 2. The fourth-order valence-electron chi connectivity index (χ4n) is 3.81. The van der Waals surface area contributed by atoms with Crippen molar-refractivity contribution in [3.63, 3.8) is 0 Å². The lowest BCUT2D eigenvalue weighted by Crippen LogP contribution is -2.47. The van der Waals surface area contributed by atoms with Crippen molar-refractivity contribution in [1.29, 1.82) is 0 Å². The van der Waals surface area contributed by atoms with Gasteiger partial charge in [-0.2, -0.15) is 0 Å². The Labute approximate surface area is 215 Å². The van der Waals surface area contributed by atoms with Crippen molar-refractivity contribution in [1.82, 2.24) is 9.80 Å². The Kier molecular flexibility index (Phi) is 8.05. The Morgan fingerprint density at radius 1 is 0.972 bits per heavy atom. The van der Waals surface area contributed by atoms with Gasteiger partial charge >= 0.3 is 0 Å². The van der Waals surface area contributed by atoms with Crippen molar-refractivity contribution in [2.75, 3.05) is 19.9 Å². The second kappa shape index (κ2) is 11.4. The molecule has 0 spiro atoms. The molecule has 8 nitrogen and oxygen atoms in total. The second-order valence-corrected chi connectivity index (χ2v) is 9.24. The topological polar surface area (TPSA) is 81.5 Å². The average molecular weight is 513 g/mol. The molecule has 0 fully saturated rings. The van der Waals surface area contributed by atoms with Crippen LogP contribution < -0.4 is 14.2 Å². The number of benzene rings is 2. The highest BCUT2D eigenvalue weighted by Gasteiger charge is 2.25. The molecule has 0 saturated heterocycles.